The van der Waals surface area contributed by atoms with Crippen LogP contribution >= 0.6 is 27.7 Å². The first-order chi connectivity index (χ1) is 11.6. The van der Waals surface area contributed by atoms with Crippen LogP contribution in [-0.4, -0.2) is 41.5 Å². The van der Waals surface area contributed by atoms with E-state index < -0.39 is 5.25 Å². The molecule has 0 aromatic heterocycles. The fraction of sp³-hybridized carbons (Fsp3) is 0.438. The molecule has 2 saturated heterocycles. The number of rotatable bonds is 5. The summed E-state index contributed by atoms with van der Waals surface area (Å²) in [6.07, 6.45) is 2.34. The number of anilines is 1. The highest BCUT2D eigenvalue weighted by Gasteiger charge is 2.32. The first-order valence-electron chi connectivity index (χ1n) is 7.79. The number of amidine groups is 1. The normalized spacial score (nSPS) is 25.0. The van der Waals surface area contributed by atoms with E-state index in [0.717, 1.165) is 23.9 Å². The molecule has 0 bridgehead atoms. The number of benzene rings is 1. The van der Waals surface area contributed by atoms with Crippen molar-refractivity contribution in [2.75, 3.05) is 18.5 Å². The second-order valence-corrected chi connectivity index (χ2v) is 7.74. The lowest BCUT2D eigenvalue weighted by Gasteiger charge is -2.07. The molecule has 2 unspecified atom stereocenters. The van der Waals surface area contributed by atoms with Crippen molar-refractivity contribution < 1.29 is 14.3 Å². The maximum atomic E-state index is 12.1. The quantitative estimate of drug-likeness (QED) is 0.779. The van der Waals surface area contributed by atoms with Crippen molar-refractivity contribution in [1.82, 2.24) is 5.32 Å². The lowest BCUT2D eigenvalue weighted by Crippen LogP contribution is -2.28. The SMILES string of the molecule is O=C(CC1SC(=NCC2CCCO2)NC1=O)Nc1ccc(Br)cc1. The average Bonchev–Trinajstić information content (AvgIpc) is 3.18. The van der Waals surface area contributed by atoms with E-state index in [1.54, 1.807) is 12.1 Å². The molecular formula is C16H18BrN3O3S. The highest BCUT2D eigenvalue weighted by molar-refractivity contribution is 9.10. The number of ether oxygens (including phenoxy) is 1. The molecule has 2 aliphatic heterocycles. The average molecular weight is 412 g/mol. The molecule has 24 heavy (non-hydrogen) atoms. The second-order valence-electron chi connectivity index (χ2n) is 5.64. The fourth-order valence-corrected chi connectivity index (χ4v) is 3.74. The topological polar surface area (TPSA) is 79.8 Å². The van der Waals surface area contributed by atoms with Gasteiger partial charge in [-0.15, -0.1) is 0 Å². The summed E-state index contributed by atoms with van der Waals surface area (Å²) < 4.78 is 6.45. The smallest absolute Gasteiger partial charge is 0.240 e. The highest BCUT2D eigenvalue weighted by atomic mass is 79.9. The van der Waals surface area contributed by atoms with E-state index in [9.17, 15) is 9.59 Å². The summed E-state index contributed by atoms with van der Waals surface area (Å²) in [4.78, 5) is 28.5. The highest BCUT2D eigenvalue weighted by Crippen LogP contribution is 2.24. The molecule has 8 heteroatoms. The fourth-order valence-electron chi connectivity index (χ4n) is 2.50. The van der Waals surface area contributed by atoms with E-state index in [-0.39, 0.29) is 24.3 Å². The Morgan fingerprint density at radius 2 is 2.21 bits per heavy atom. The Balaban J connectivity index is 1.49. The monoisotopic (exact) mass is 411 g/mol. The maximum absolute atomic E-state index is 12.1. The Labute approximate surface area is 152 Å². The number of nitrogens with zero attached hydrogens (tertiary/aromatic N) is 1. The molecule has 1 aromatic rings. The molecule has 2 N–H and O–H groups in total. The van der Waals surface area contributed by atoms with Gasteiger partial charge in [0.2, 0.25) is 11.8 Å². The van der Waals surface area contributed by atoms with E-state index in [1.807, 2.05) is 12.1 Å². The predicted molar refractivity (Wildman–Crippen MR) is 98.2 cm³/mol. The summed E-state index contributed by atoms with van der Waals surface area (Å²) in [7, 11) is 0. The van der Waals surface area contributed by atoms with Gasteiger partial charge in [0.25, 0.3) is 0 Å². The molecule has 2 atom stereocenters. The maximum Gasteiger partial charge on any atom is 0.240 e. The van der Waals surface area contributed by atoms with Crippen LogP contribution in [0.25, 0.3) is 0 Å². The van der Waals surface area contributed by atoms with Gasteiger partial charge < -0.3 is 15.4 Å². The van der Waals surface area contributed by atoms with E-state index >= 15 is 0 Å². The molecule has 0 radical (unpaired) electrons. The molecular weight excluding hydrogens is 394 g/mol. The van der Waals surface area contributed by atoms with Gasteiger partial charge in [0.1, 0.15) is 5.25 Å². The molecule has 6 nitrogen and oxygen atoms in total. The molecule has 2 heterocycles. The number of aliphatic imine (C=N–C) groups is 1. The molecule has 0 saturated carbocycles. The van der Waals surface area contributed by atoms with Gasteiger partial charge in [0.05, 0.1) is 12.6 Å². The largest absolute Gasteiger partial charge is 0.376 e. The number of carbonyl (C=O) groups is 2. The van der Waals surface area contributed by atoms with Crippen LogP contribution in [-0.2, 0) is 14.3 Å². The van der Waals surface area contributed by atoms with Crippen molar-refractivity contribution in [3.05, 3.63) is 28.7 Å². The first-order valence-corrected chi connectivity index (χ1v) is 9.46. The van der Waals surface area contributed by atoms with Crippen LogP contribution < -0.4 is 10.6 Å². The Hall–Kier alpha value is -1.38. The van der Waals surface area contributed by atoms with Crippen LogP contribution in [0.2, 0.25) is 0 Å². The summed E-state index contributed by atoms with van der Waals surface area (Å²) in [6.45, 7) is 1.34. The second kappa shape index (κ2) is 8.13. The third kappa shape index (κ3) is 4.81. The van der Waals surface area contributed by atoms with Gasteiger partial charge in [-0.25, -0.2) is 0 Å². The van der Waals surface area contributed by atoms with Gasteiger partial charge in [-0.3, -0.25) is 14.6 Å². The lowest BCUT2D eigenvalue weighted by atomic mass is 10.2. The summed E-state index contributed by atoms with van der Waals surface area (Å²) in [5.41, 5.74) is 0.707. The summed E-state index contributed by atoms with van der Waals surface area (Å²) in [6, 6.07) is 7.31. The molecule has 0 spiro atoms. The van der Waals surface area contributed by atoms with Gasteiger partial charge in [0.15, 0.2) is 5.17 Å². The van der Waals surface area contributed by atoms with Crippen molar-refractivity contribution in [1.29, 1.82) is 0 Å². The van der Waals surface area contributed by atoms with Gasteiger partial charge in [0, 0.05) is 23.2 Å². The van der Waals surface area contributed by atoms with Gasteiger partial charge in [-0.05, 0) is 37.1 Å². The molecule has 2 fully saturated rings. The predicted octanol–water partition coefficient (Wildman–Crippen LogP) is 2.54. The van der Waals surface area contributed by atoms with Gasteiger partial charge in [-0.1, -0.05) is 27.7 Å². The minimum atomic E-state index is -0.441. The van der Waals surface area contributed by atoms with Crippen LogP contribution in [0, 0.1) is 0 Å². The number of nitrogens with one attached hydrogen (secondary N) is 2. The van der Waals surface area contributed by atoms with E-state index in [2.05, 4.69) is 31.6 Å². The third-order valence-corrected chi connectivity index (χ3v) is 5.39. The zero-order chi connectivity index (χ0) is 16.9. The van der Waals surface area contributed by atoms with Crippen LogP contribution in [0.15, 0.2) is 33.7 Å². The van der Waals surface area contributed by atoms with Gasteiger partial charge in [-0.2, -0.15) is 0 Å². The molecule has 3 rings (SSSR count). The van der Waals surface area contributed by atoms with E-state index in [4.69, 9.17) is 4.74 Å². The summed E-state index contributed by atoms with van der Waals surface area (Å²) >= 11 is 4.65. The van der Waals surface area contributed by atoms with E-state index in [1.165, 1.54) is 11.8 Å². The number of hydrogen-bond donors (Lipinski definition) is 2. The van der Waals surface area contributed by atoms with Crippen LogP contribution in [0.4, 0.5) is 5.69 Å². The standard InChI is InChI=1S/C16H18BrN3O3S/c17-10-3-5-11(6-4-10)19-14(21)8-13-15(22)20-16(24-13)18-9-12-2-1-7-23-12/h3-6,12-13H,1-2,7-9H2,(H,19,21)(H,18,20,22). The van der Waals surface area contributed by atoms with Crippen molar-refractivity contribution in [2.24, 2.45) is 4.99 Å². The zero-order valence-corrected chi connectivity index (χ0v) is 15.4. The minimum Gasteiger partial charge on any atom is -0.376 e. The molecule has 1 aromatic carbocycles. The van der Waals surface area contributed by atoms with Crippen LogP contribution in [0.3, 0.4) is 0 Å². The zero-order valence-electron chi connectivity index (χ0n) is 13.0. The number of carbonyl (C=O) groups excluding carboxylic acids is 2. The summed E-state index contributed by atoms with van der Waals surface area (Å²) in [5, 5.41) is 5.67. The van der Waals surface area contributed by atoms with Crippen molar-refractivity contribution in [2.45, 2.75) is 30.6 Å². The Morgan fingerprint density at radius 3 is 2.92 bits per heavy atom. The number of halogens is 1. The molecule has 128 valence electrons. The minimum absolute atomic E-state index is 0.117. The van der Waals surface area contributed by atoms with E-state index in [0.29, 0.717) is 17.4 Å². The van der Waals surface area contributed by atoms with Crippen molar-refractivity contribution in [3.8, 4) is 0 Å². The molecule has 2 amide bonds. The Morgan fingerprint density at radius 1 is 1.42 bits per heavy atom. The van der Waals surface area contributed by atoms with Crippen LogP contribution in [0.1, 0.15) is 19.3 Å². The lowest BCUT2D eigenvalue weighted by molar-refractivity contribution is -0.122. The number of amides is 2. The number of thioether (sulfide) groups is 1. The van der Waals surface area contributed by atoms with Crippen molar-refractivity contribution in [3.63, 3.8) is 0 Å². The third-order valence-electron chi connectivity index (χ3n) is 3.74. The summed E-state index contributed by atoms with van der Waals surface area (Å²) in [5.74, 6) is -0.359. The molecule has 2 aliphatic rings. The Bertz CT molecular complexity index is 644. The van der Waals surface area contributed by atoms with Gasteiger partial charge >= 0.3 is 0 Å². The van der Waals surface area contributed by atoms with Crippen LogP contribution in [0.5, 0.6) is 0 Å². The van der Waals surface area contributed by atoms with Crippen molar-refractivity contribution >= 4 is 50.4 Å². The first kappa shape index (κ1) is 17.4. The molecule has 0 aliphatic carbocycles. The number of hydrogen-bond acceptors (Lipinski definition) is 5. The Kier molecular flexibility index (Phi) is 5.91.